The average Bonchev–Trinajstić information content (AvgIpc) is 2.72. The Balaban J connectivity index is 2.47. The van der Waals surface area contributed by atoms with Gasteiger partial charge in [-0.3, -0.25) is 9.59 Å². The summed E-state index contributed by atoms with van der Waals surface area (Å²) in [5.74, 6) is -0.0383. The van der Waals surface area contributed by atoms with Crippen molar-refractivity contribution in [2.75, 3.05) is 25.9 Å². The average molecular weight is 252 g/mol. The van der Waals surface area contributed by atoms with Crippen LogP contribution in [0.5, 0.6) is 0 Å². The van der Waals surface area contributed by atoms with Crippen LogP contribution in [0.1, 0.15) is 24.3 Å². The highest BCUT2D eigenvalue weighted by Crippen LogP contribution is 2.06. The Kier molecular flexibility index (Phi) is 4.76. The van der Waals surface area contributed by atoms with Gasteiger partial charge in [0.25, 0.3) is 5.91 Å². The van der Waals surface area contributed by atoms with Crippen LogP contribution in [0.15, 0.2) is 12.3 Å². The second-order valence-electron chi connectivity index (χ2n) is 4.71. The van der Waals surface area contributed by atoms with E-state index in [9.17, 15) is 9.59 Å². The molecular formula is C12H20N4O2. The third-order valence-corrected chi connectivity index (χ3v) is 2.37. The Morgan fingerprint density at radius 3 is 2.67 bits per heavy atom. The zero-order chi connectivity index (χ0) is 13.7. The highest BCUT2D eigenvalue weighted by molar-refractivity contribution is 5.95. The zero-order valence-electron chi connectivity index (χ0n) is 11.0. The van der Waals surface area contributed by atoms with Crippen LogP contribution >= 0.6 is 0 Å². The van der Waals surface area contributed by atoms with E-state index in [2.05, 4.69) is 10.3 Å². The summed E-state index contributed by atoms with van der Waals surface area (Å²) in [6.07, 6.45) is 1.54. The number of aromatic amines is 1. The van der Waals surface area contributed by atoms with Crippen molar-refractivity contribution in [1.82, 2.24) is 15.2 Å². The van der Waals surface area contributed by atoms with E-state index in [1.54, 1.807) is 19.3 Å². The molecule has 0 fully saturated rings. The smallest absolute Gasteiger partial charge is 0.270 e. The summed E-state index contributed by atoms with van der Waals surface area (Å²) in [6, 6.07) is 1.55. The van der Waals surface area contributed by atoms with E-state index in [4.69, 9.17) is 5.73 Å². The number of nitrogen functional groups attached to an aromatic ring is 1. The lowest BCUT2D eigenvalue weighted by Crippen LogP contribution is -2.39. The Morgan fingerprint density at radius 1 is 1.50 bits per heavy atom. The molecule has 0 radical (unpaired) electrons. The highest BCUT2D eigenvalue weighted by Gasteiger charge is 2.16. The molecule has 2 amide bonds. The minimum absolute atomic E-state index is 0.0322. The van der Waals surface area contributed by atoms with Gasteiger partial charge in [-0.05, 0) is 12.0 Å². The maximum Gasteiger partial charge on any atom is 0.270 e. The standard InChI is InChI=1S/C12H20N4O2/c1-8(2)5-15-11(17)7-16(3)12(18)10-4-9(13)6-14-10/h4,6,8,14H,5,7,13H2,1-3H3,(H,15,17). The summed E-state index contributed by atoms with van der Waals surface area (Å²) in [7, 11) is 1.58. The molecule has 1 rings (SSSR count). The minimum Gasteiger partial charge on any atom is -0.397 e. The number of nitrogens with two attached hydrogens (primary N) is 1. The van der Waals surface area contributed by atoms with Crippen molar-refractivity contribution in [3.63, 3.8) is 0 Å². The zero-order valence-corrected chi connectivity index (χ0v) is 11.0. The third kappa shape index (κ3) is 4.12. The molecule has 0 bridgehead atoms. The Bertz CT molecular complexity index is 425. The molecule has 0 unspecified atom stereocenters. The van der Waals surface area contributed by atoms with Crippen LogP contribution in [-0.4, -0.2) is 41.8 Å². The van der Waals surface area contributed by atoms with Crippen molar-refractivity contribution >= 4 is 17.5 Å². The molecule has 4 N–H and O–H groups in total. The van der Waals surface area contributed by atoms with Crippen LogP contribution in [0, 0.1) is 5.92 Å². The van der Waals surface area contributed by atoms with E-state index >= 15 is 0 Å². The van der Waals surface area contributed by atoms with Gasteiger partial charge in [0.15, 0.2) is 0 Å². The quantitative estimate of drug-likeness (QED) is 0.710. The number of hydrogen-bond donors (Lipinski definition) is 3. The number of amides is 2. The molecule has 1 aromatic rings. The number of rotatable bonds is 5. The van der Waals surface area contributed by atoms with Crippen LogP contribution in [0.4, 0.5) is 5.69 Å². The molecule has 100 valence electrons. The van der Waals surface area contributed by atoms with Crippen molar-refractivity contribution in [2.45, 2.75) is 13.8 Å². The lowest BCUT2D eigenvalue weighted by atomic mass is 10.2. The van der Waals surface area contributed by atoms with Gasteiger partial charge < -0.3 is 20.9 Å². The van der Waals surface area contributed by atoms with Crippen LogP contribution < -0.4 is 11.1 Å². The fraction of sp³-hybridized carbons (Fsp3) is 0.500. The second-order valence-corrected chi connectivity index (χ2v) is 4.71. The second kappa shape index (κ2) is 6.09. The van der Waals surface area contributed by atoms with E-state index in [-0.39, 0.29) is 18.4 Å². The van der Waals surface area contributed by atoms with Crippen molar-refractivity contribution in [3.05, 3.63) is 18.0 Å². The number of carbonyl (C=O) groups excluding carboxylic acids is 2. The van der Waals surface area contributed by atoms with Gasteiger partial charge in [-0.1, -0.05) is 13.8 Å². The van der Waals surface area contributed by atoms with Crippen molar-refractivity contribution in [1.29, 1.82) is 0 Å². The number of nitrogens with zero attached hydrogens (tertiary/aromatic N) is 1. The normalized spacial score (nSPS) is 10.4. The molecule has 0 spiro atoms. The fourth-order valence-electron chi connectivity index (χ4n) is 1.40. The predicted molar refractivity (Wildman–Crippen MR) is 70.0 cm³/mol. The molecule has 0 aliphatic carbocycles. The summed E-state index contributed by atoms with van der Waals surface area (Å²) in [5.41, 5.74) is 6.39. The number of anilines is 1. The van der Waals surface area contributed by atoms with Gasteiger partial charge in [0.05, 0.1) is 6.54 Å². The first kappa shape index (κ1) is 14.1. The highest BCUT2D eigenvalue weighted by atomic mass is 16.2. The SMILES string of the molecule is CC(C)CNC(=O)CN(C)C(=O)c1cc(N)c[nH]1. The van der Waals surface area contributed by atoms with Gasteiger partial charge in [-0.2, -0.15) is 0 Å². The number of aromatic nitrogens is 1. The lowest BCUT2D eigenvalue weighted by Gasteiger charge is -2.16. The van der Waals surface area contributed by atoms with Crippen LogP contribution in [0.2, 0.25) is 0 Å². The van der Waals surface area contributed by atoms with Crippen molar-refractivity contribution in [2.24, 2.45) is 5.92 Å². The molecule has 0 aliphatic heterocycles. The summed E-state index contributed by atoms with van der Waals surface area (Å²) in [5, 5.41) is 2.76. The summed E-state index contributed by atoms with van der Waals surface area (Å²) >= 11 is 0. The van der Waals surface area contributed by atoms with Crippen molar-refractivity contribution < 1.29 is 9.59 Å². The van der Waals surface area contributed by atoms with Gasteiger partial charge in [0.1, 0.15) is 5.69 Å². The number of nitrogens with one attached hydrogen (secondary N) is 2. The molecule has 0 saturated heterocycles. The van der Waals surface area contributed by atoms with Crippen LogP contribution in [0.25, 0.3) is 0 Å². The van der Waals surface area contributed by atoms with E-state index < -0.39 is 0 Å². The summed E-state index contributed by atoms with van der Waals surface area (Å²) in [6.45, 7) is 4.66. The van der Waals surface area contributed by atoms with Crippen LogP contribution in [0.3, 0.4) is 0 Å². The predicted octanol–water partition coefficient (Wildman–Crippen LogP) is 0.441. The monoisotopic (exact) mass is 252 g/mol. The van der Waals surface area contributed by atoms with Gasteiger partial charge in [0.2, 0.25) is 5.91 Å². The Hall–Kier alpha value is -1.98. The Labute approximate surface area is 107 Å². The van der Waals surface area contributed by atoms with Gasteiger partial charge in [-0.15, -0.1) is 0 Å². The fourth-order valence-corrected chi connectivity index (χ4v) is 1.40. The Morgan fingerprint density at radius 2 is 2.17 bits per heavy atom. The molecular weight excluding hydrogens is 232 g/mol. The van der Waals surface area contributed by atoms with Gasteiger partial charge in [0, 0.05) is 25.5 Å². The number of hydrogen-bond acceptors (Lipinski definition) is 3. The first-order valence-electron chi connectivity index (χ1n) is 5.86. The molecule has 0 atom stereocenters. The molecule has 1 aromatic heterocycles. The molecule has 6 heteroatoms. The van der Waals surface area contributed by atoms with Crippen LogP contribution in [-0.2, 0) is 4.79 Å². The van der Waals surface area contributed by atoms with Gasteiger partial charge in [-0.25, -0.2) is 0 Å². The maximum absolute atomic E-state index is 11.9. The molecule has 0 aromatic carbocycles. The first-order chi connectivity index (χ1) is 8.40. The molecule has 18 heavy (non-hydrogen) atoms. The lowest BCUT2D eigenvalue weighted by molar-refractivity contribution is -0.121. The van der Waals surface area contributed by atoms with E-state index in [0.717, 1.165) is 0 Å². The van der Waals surface area contributed by atoms with Crippen molar-refractivity contribution in [3.8, 4) is 0 Å². The topological polar surface area (TPSA) is 91.2 Å². The molecule has 0 aliphatic rings. The minimum atomic E-state index is -0.258. The number of carbonyl (C=O) groups is 2. The number of H-pyrrole nitrogens is 1. The van der Waals surface area contributed by atoms with E-state index in [0.29, 0.717) is 23.8 Å². The maximum atomic E-state index is 11.9. The summed E-state index contributed by atoms with van der Waals surface area (Å²) < 4.78 is 0. The first-order valence-corrected chi connectivity index (χ1v) is 5.86. The molecule has 1 heterocycles. The van der Waals surface area contributed by atoms with E-state index in [1.807, 2.05) is 13.8 Å². The van der Waals surface area contributed by atoms with Gasteiger partial charge >= 0.3 is 0 Å². The van der Waals surface area contributed by atoms with E-state index in [1.165, 1.54) is 4.90 Å². The number of likely N-dealkylation sites (N-methyl/N-ethyl adjacent to an activating group) is 1. The molecule has 0 saturated carbocycles. The largest absolute Gasteiger partial charge is 0.397 e. The summed E-state index contributed by atoms with van der Waals surface area (Å²) in [4.78, 5) is 27.6. The molecule has 6 nitrogen and oxygen atoms in total. The third-order valence-electron chi connectivity index (χ3n) is 2.37.